The maximum atomic E-state index is 12.5. The Morgan fingerprint density at radius 2 is 1.63 bits per heavy atom. The van der Waals surface area contributed by atoms with Crippen molar-refractivity contribution in [1.29, 1.82) is 0 Å². The lowest BCUT2D eigenvalue weighted by atomic mass is 10.1. The van der Waals surface area contributed by atoms with Gasteiger partial charge in [-0.15, -0.1) is 0 Å². The summed E-state index contributed by atoms with van der Waals surface area (Å²) < 4.78 is 31.2. The topological polar surface area (TPSA) is 113 Å². The van der Waals surface area contributed by atoms with Crippen molar-refractivity contribution in [1.82, 2.24) is 14.5 Å². The summed E-state index contributed by atoms with van der Waals surface area (Å²) in [5.41, 5.74) is 0.214. The number of carbonyl (C=O) groups is 3. The maximum absolute atomic E-state index is 12.5. The lowest BCUT2D eigenvalue weighted by Crippen LogP contribution is -2.39. The minimum atomic E-state index is -3.60. The fraction of sp³-hybridized carbons (Fsp3) is 0.550. The van der Waals surface area contributed by atoms with Crippen LogP contribution in [0.2, 0.25) is 0 Å². The van der Waals surface area contributed by atoms with Crippen LogP contribution >= 0.6 is 0 Å². The van der Waals surface area contributed by atoms with Crippen LogP contribution in [0.1, 0.15) is 43.5 Å². The van der Waals surface area contributed by atoms with Crippen LogP contribution in [0.5, 0.6) is 0 Å². The number of ether oxygens (including phenoxy) is 1. The van der Waals surface area contributed by atoms with Gasteiger partial charge in [0, 0.05) is 31.7 Å². The quantitative estimate of drug-likeness (QED) is 0.575. The van der Waals surface area contributed by atoms with Crippen molar-refractivity contribution in [2.24, 2.45) is 0 Å². The van der Waals surface area contributed by atoms with Gasteiger partial charge in [0.2, 0.25) is 10.0 Å². The van der Waals surface area contributed by atoms with Crippen LogP contribution in [0.25, 0.3) is 0 Å². The van der Waals surface area contributed by atoms with Gasteiger partial charge >= 0.3 is 5.97 Å². The summed E-state index contributed by atoms with van der Waals surface area (Å²) in [4.78, 5) is 37.7. The van der Waals surface area contributed by atoms with Gasteiger partial charge in [-0.1, -0.05) is 13.8 Å². The molecule has 30 heavy (non-hydrogen) atoms. The molecule has 0 saturated carbocycles. The fourth-order valence-electron chi connectivity index (χ4n) is 3.17. The number of carbonyl (C=O) groups excluding carboxylic acids is 3. The Morgan fingerprint density at radius 3 is 2.20 bits per heavy atom. The van der Waals surface area contributed by atoms with Crippen LogP contribution in [0.4, 0.5) is 0 Å². The molecule has 2 amide bonds. The highest BCUT2D eigenvalue weighted by atomic mass is 32.2. The molecule has 1 aromatic rings. The second kappa shape index (κ2) is 11.1. The summed E-state index contributed by atoms with van der Waals surface area (Å²) in [5, 5.41) is 2.41. The van der Waals surface area contributed by atoms with E-state index in [4.69, 9.17) is 4.74 Å². The molecule has 0 unspecified atom stereocenters. The van der Waals surface area contributed by atoms with Crippen LogP contribution in [-0.4, -0.2) is 74.7 Å². The molecule has 0 bridgehead atoms. The van der Waals surface area contributed by atoms with E-state index in [2.05, 4.69) is 5.32 Å². The highest BCUT2D eigenvalue weighted by molar-refractivity contribution is 7.89. The number of hydrogen-bond acceptors (Lipinski definition) is 6. The van der Waals surface area contributed by atoms with Gasteiger partial charge in [0.05, 0.1) is 4.90 Å². The van der Waals surface area contributed by atoms with E-state index in [-0.39, 0.29) is 29.5 Å². The van der Waals surface area contributed by atoms with E-state index in [1.165, 1.54) is 28.6 Å². The van der Waals surface area contributed by atoms with Gasteiger partial charge in [-0.25, -0.2) is 8.42 Å². The molecule has 0 atom stereocenters. The summed E-state index contributed by atoms with van der Waals surface area (Å²) in [5.74, 6) is -1.49. The highest BCUT2D eigenvalue weighted by Crippen LogP contribution is 2.16. The molecule has 1 aromatic carbocycles. The zero-order chi connectivity index (χ0) is 22.1. The first-order valence-electron chi connectivity index (χ1n) is 10.1. The Labute approximate surface area is 177 Å². The van der Waals surface area contributed by atoms with Crippen molar-refractivity contribution in [3.63, 3.8) is 0 Å². The smallest absolute Gasteiger partial charge is 0.325 e. The van der Waals surface area contributed by atoms with Crippen molar-refractivity contribution in [2.75, 3.05) is 39.3 Å². The number of esters is 1. The molecule has 1 saturated heterocycles. The molecular weight excluding hydrogens is 410 g/mol. The summed E-state index contributed by atoms with van der Waals surface area (Å²) in [6.45, 7) is 4.83. The molecule has 0 aliphatic carbocycles. The minimum absolute atomic E-state index is 0.0957. The standard InChI is InChI=1S/C20H29N3O6S/c1-3-23(4-2)30(27,28)17-10-8-16(9-11-17)20(26)21-14-19(25)29-15-18(24)22-12-6-5-7-13-22/h8-11H,3-7,12-15H2,1-2H3,(H,21,26). The Kier molecular flexibility index (Phi) is 8.79. The van der Waals surface area contributed by atoms with Gasteiger partial charge in [0.1, 0.15) is 6.54 Å². The summed E-state index contributed by atoms with van der Waals surface area (Å²) in [6, 6.07) is 5.49. The van der Waals surface area contributed by atoms with Gasteiger partial charge in [0.25, 0.3) is 11.8 Å². The van der Waals surface area contributed by atoms with Crippen LogP contribution in [0.15, 0.2) is 29.2 Å². The van der Waals surface area contributed by atoms with Crippen molar-refractivity contribution in [3.05, 3.63) is 29.8 Å². The number of sulfonamides is 1. The molecule has 10 heteroatoms. The molecule has 0 spiro atoms. The SMILES string of the molecule is CCN(CC)S(=O)(=O)c1ccc(C(=O)NCC(=O)OCC(=O)N2CCCCC2)cc1. The summed E-state index contributed by atoms with van der Waals surface area (Å²) >= 11 is 0. The lowest BCUT2D eigenvalue weighted by molar-refractivity contribution is -0.151. The number of rotatable bonds is 9. The number of amides is 2. The monoisotopic (exact) mass is 439 g/mol. The van der Waals surface area contributed by atoms with Gasteiger partial charge in [0.15, 0.2) is 6.61 Å². The Bertz CT molecular complexity index is 844. The molecule has 0 radical (unpaired) electrons. The first-order valence-corrected chi connectivity index (χ1v) is 11.6. The highest BCUT2D eigenvalue weighted by Gasteiger charge is 2.22. The first kappa shape index (κ1) is 23.8. The zero-order valence-electron chi connectivity index (χ0n) is 17.4. The van der Waals surface area contributed by atoms with E-state index in [0.29, 0.717) is 26.2 Å². The molecule has 1 heterocycles. The molecule has 2 rings (SSSR count). The largest absolute Gasteiger partial charge is 0.454 e. The van der Waals surface area contributed by atoms with E-state index in [1.807, 2.05) is 0 Å². The van der Waals surface area contributed by atoms with Crippen LogP contribution in [0.3, 0.4) is 0 Å². The van der Waals surface area contributed by atoms with Crippen LogP contribution in [0, 0.1) is 0 Å². The number of nitrogens with one attached hydrogen (secondary N) is 1. The van der Waals surface area contributed by atoms with Crippen molar-refractivity contribution < 1.29 is 27.5 Å². The maximum Gasteiger partial charge on any atom is 0.325 e. The third-order valence-corrected chi connectivity index (χ3v) is 6.98. The average molecular weight is 440 g/mol. The Balaban J connectivity index is 1.83. The third kappa shape index (κ3) is 6.27. The molecule has 1 fully saturated rings. The molecule has 166 valence electrons. The molecule has 0 aromatic heterocycles. The van der Waals surface area contributed by atoms with Crippen molar-refractivity contribution in [2.45, 2.75) is 38.0 Å². The molecule has 1 N–H and O–H groups in total. The Morgan fingerprint density at radius 1 is 1.03 bits per heavy atom. The van der Waals surface area contributed by atoms with Crippen molar-refractivity contribution in [3.8, 4) is 0 Å². The molecule has 1 aliphatic heterocycles. The second-order valence-corrected chi connectivity index (χ2v) is 8.84. The number of piperidine rings is 1. The predicted molar refractivity (Wildman–Crippen MR) is 110 cm³/mol. The normalized spacial score (nSPS) is 14.4. The molecular formula is C20H29N3O6S. The van der Waals surface area contributed by atoms with Crippen LogP contribution in [-0.2, 0) is 24.3 Å². The fourth-order valence-corrected chi connectivity index (χ4v) is 4.63. The number of benzene rings is 1. The van der Waals surface area contributed by atoms with Gasteiger partial charge < -0.3 is 15.0 Å². The summed E-state index contributed by atoms with van der Waals surface area (Å²) in [7, 11) is -3.60. The zero-order valence-corrected chi connectivity index (χ0v) is 18.2. The second-order valence-electron chi connectivity index (χ2n) is 6.90. The van der Waals surface area contributed by atoms with E-state index >= 15 is 0 Å². The first-order chi connectivity index (χ1) is 14.3. The third-order valence-electron chi connectivity index (χ3n) is 4.92. The van der Waals surface area contributed by atoms with E-state index < -0.39 is 21.9 Å². The van der Waals surface area contributed by atoms with Crippen LogP contribution < -0.4 is 5.32 Å². The predicted octanol–water partition coefficient (Wildman–Crippen LogP) is 1.00. The molecule has 1 aliphatic rings. The van der Waals surface area contributed by atoms with Gasteiger partial charge in [-0.3, -0.25) is 14.4 Å². The average Bonchev–Trinajstić information content (AvgIpc) is 2.77. The van der Waals surface area contributed by atoms with Gasteiger partial charge in [-0.2, -0.15) is 4.31 Å². The summed E-state index contributed by atoms with van der Waals surface area (Å²) in [6.07, 6.45) is 2.99. The lowest BCUT2D eigenvalue weighted by Gasteiger charge is -2.26. The van der Waals surface area contributed by atoms with E-state index in [1.54, 1.807) is 18.7 Å². The number of hydrogen-bond donors (Lipinski definition) is 1. The van der Waals surface area contributed by atoms with Crippen molar-refractivity contribution >= 4 is 27.8 Å². The number of likely N-dealkylation sites (tertiary alicyclic amines) is 1. The number of nitrogens with zero attached hydrogens (tertiary/aromatic N) is 2. The van der Waals surface area contributed by atoms with Gasteiger partial charge in [-0.05, 0) is 43.5 Å². The molecule has 9 nitrogen and oxygen atoms in total. The van der Waals surface area contributed by atoms with E-state index in [9.17, 15) is 22.8 Å². The Hall–Kier alpha value is -2.46. The minimum Gasteiger partial charge on any atom is -0.454 e. The van der Waals surface area contributed by atoms with E-state index in [0.717, 1.165) is 19.3 Å².